The minimum atomic E-state index is 0.0882. The highest BCUT2D eigenvalue weighted by Gasteiger charge is 2.24. The van der Waals surface area contributed by atoms with Crippen molar-refractivity contribution < 1.29 is 4.79 Å². The molecular formula is C23H26ClN3O. The lowest BCUT2D eigenvalue weighted by atomic mass is 10.1. The van der Waals surface area contributed by atoms with Crippen molar-refractivity contribution in [3.05, 3.63) is 64.3 Å². The van der Waals surface area contributed by atoms with E-state index in [4.69, 9.17) is 11.6 Å². The molecule has 4 rings (SSSR count). The summed E-state index contributed by atoms with van der Waals surface area (Å²) in [7, 11) is 0. The summed E-state index contributed by atoms with van der Waals surface area (Å²) in [5.41, 5.74) is 5.70. The molecular weight excluding hydrogens is 370 g/mol. The molecule has 4 nitrogen and oxygen atoms in total. The van der Waals surface area contributed by atoms with E-state index in [1.807, 2.05) is 31.2 Å². The standard InChI is InChI=1S/C23H26ClN3O/c1-15-7-8-18(24)11-22(15)27-10-9-17(14-27)13-25-23(28)12-20-16(2)26-21-6-4-3-5-19(20)21/h3-8,11,17,26H,9-10,12-14H2,1-2H3,(H,25,28). The molecule has 5 heteroatoms. The summed E-state index contributed by atoms with van der Waals surface area (Å²) in [5, 5.41) is 5.05. The highest BCUT2D eigenvalue weighted by atomic mass is 35.5. The van der Waals surface area contributed by atoms with E-state index >= 15 is 0 Å². The largest absolute Gasteiger partial charge is 0.371 e. The average Bonchev–Trinajstić information content (AvgIpc) is 3.27. The van der Waals surface area contributed by atoms with Crippen LogP contribution in [0.5, 0.6) is 0 Å². The SMILES string of the molecule is Cc1ccc(Cl)cc1N1CCC(CNC(=O)Cc2c(C)[nH]c3ccccc23)C1. The van der Waals surface area contributed by atoms with Gasteiger partial charge in [0, 0.05) is 46.9 Å². The van der Waals surface area contributed by atoms with E-state index in [-0.39, 0.29) is 5.91 Å². The zero-order chi connectivity index (χ0) is 19.7. The minimum Gasteiger partial charge on any atom is -0.371 e. The molecule has 0 radical (unpaired) electrons. The third-order valence-electron chi connectivity index (χ3n) is 5.75. The molecule has 1 fully saturated rings. The van der Waals surface area contributed by atoms with Gasteiger partial charge in [0.2, 0.25) is 5.91 Å². The van der Waals surface area contributed by atoms with E-state index in [1.165, 1.54) is 11.3 Å². The zero-order valence-corrected chi connectivity index (χ0v) is 17.1. The van der Waals surface area contributed by atoms with Gasteiger partial charge in [0.15, 0.2) is 0 Å². The van der Waals surface area contributed by atoms with Crippen molar-refractivity contribution in [1.82, 2.24) is 10.3 Å². The van der Waals surface area contributed by atoms with Crippen LogP contribution in [0, 0.1) is 19.8 Å². The highest BCUT2D eigenvalue weighted by molar-refractivity contribution is 6.30. The molecule has 1 aromatic heterocycles. The first-order valence-corrected chi connectivity index (χ1v) is 10.2. The van der Waals surface area contributed by atoms with Gasteiger partial charge in [-0.15, -0.1) is 0 Å². The molecule has 2 N–H and O–H groups in total. The number of rotatable bonds is 5. The van der Waals surface area contributed by atoms with Crippen molar-refractivity contribution in [1.29, 1.82) is 0 Å². The zero-order valence-electron chi connectivity index (χ0n) is 16.4. The van der Waals surface area contributed by atoms with Crippen molar-refractivity contribution in [3.63, 3.8) is 0 Å². The van der Waals surface area contributed by atoms with Crippen LogP contribution in [0.25, 0.3) is 10.9 Å². The van der Waals surface area contributed by atoms with Crippen molar-refractivity contribution in [3.8, 4) is 0 Å². The van der Waals surface area contributed by atoms with Crippen molar-refractivity contribution in [2.45, 2.75) is 26.7 Å². The number of hydrogen-bond donors (Lipinski definition) is 2. The van der Waals surface area contributed by atoms with Gasteiger partial charge < -0.3 is 15.2 Å². The number of nitrogens with one attached hydrogen (secondary N) is 2. The number of amides is 1. The Morgan fingerprint density at radius 1 is 1.25 bits per heavy atom. The van der Waals surface area contributed by atoms with Crippen LogP contribution >= 0.6 is 11.6 Å². The predicted octanol–water partition coefficient (Wildman–Crippen LogP) is 4.62. The molecule has 2 aromatic carbocycles. The molecule has 1 amide bonds. The normalized spacial score (nSPS) is 16.7. The number of carbonyl (C=O) groups excluding carboxylic acids is 1. The van der Waals surface area contributed by atoms with Gasteiger partial charge in [-0.25, -0.2) is 0 Å². The number of H-pyrrole nitrogens is 1. The maximum absolute atomic E-state index is 12.6. The third kappa shape index (κ3) is 3.88. The average molecular weight is 396 g/mol. The lowest BCUT2D eigenvalue weighted by molar-refractivity contribution is -0.120. The lowest BCUT2D eigenvalue weighted by Gasteiger charge is -2.21. The fourth-order valence-corrected chi connectivity index (χ4v) is 4.35. The van der Waals surface area contributed by atoms with Crippen LogP contribution in [-0.4, -0.2) is 30.5 Å². The van der Waals surface area contributed by atoms with Gasteiger partial charge in [-0.1, -0.05) is 35.9 Å². The van der Waals surface area contributed by atoms with Gasteiger partial charge in [-0.05, 0) is 55.5 Å². The Morgan fingerprint density at radius 3 is 2.93 bits per heavy atom. The number of para-hydroxylation sites is 1. The molecule has 1 saturated heterocycles. The summed E-state index contributed by atoms with van der Waals surface area (Å²) in [6.45, 7) is 6.82. The van der Waals surface area contributed by atoms with Crippen LogP contribution in [-0.2, 0) is 11.2 Å². The summed E-state index contributed by atoms with van der Waals surface area (Å²) < 4.78 is 0. The number of anilines is 1. The Bertz CT molecular complexity index is 1010. The molecule has 1 aliphatic heterocycles. The van der Waals surface area contributed by atoms with Gasteiger partial charge in [0.1, 0.15) is 0 Å². The van der Waals surface area contributed by atoms with Crippen molar-refractivity contribution in [2.75, 3.05) is 24.5 Å². The van der Waals surface area contributed by atoms with Gasteiger partial charge in [0.05, 0.1) is 6.42 Å². The molecule has 0 aliphatic carbocycles. The Hall–Kier alpha value is -2.46. The van der Waals surface area contributed by atoms with Gasteiger partial charge in [-0.2, -0.15) is 0 Å². The van der Waals surface area contributed by atoms with E-state index in [9.17, 15) is 4.79 Å². The van der Waals surface area contributed by atoms with E-state index in [0.29, 0.717) is 12.3 Å². The number of fused-ring (bicyclic) bond motifs is 1. The smallest absolute Gasteiger partial charge is 0.224 e. The van der Waals surface area contributed by atoms with Crippen LogP contribution in [0.3, 0.4) is 0 Å². The van der Waals surface area contributed by atoms with Crippen LogP contribution in [0.15, 0.2) is 42.5 Å². The molecule has 28 heavy (non-hydrogen) atoms. The quantitative estimate of drug-likeness (QED) is 0.662. The Balaban J connectivity index is 1.34. The fraction of sp³-hybridized carbons (Fsp3) is 0.348. The summed E-state index contributed by atoms with van der Waals surface area (Å²) in [6, 6.07) is 14.2. The van der Waals surface area contributed by atoms with Crippen LogP contribution in [0.2, 0.25) is 5.02 Å². The first kappa shape index (κ1) is 18.9. The molecule has 0 spiro atoms. The molecule has 0 saturated carbocycles. The third-order valence-corrected chi connectivity index (χ3v) is 5.99. The first-order valence-electron chi connectivity index (χ1n) is 9.85. The van der Waals surface area contributed by atoms with Crippen LogP contribution in [0.4, 0.5) is 5.69 Å². The second-order valence-corrected chi connectivity index (χ2v) is 8.22. The molecule has 0 bridgehead atoms. The number of halogens is 1. The van der Waals surface area contributed by atoms with E-state index in [1.54, 1.807) is 0 Å². The number of carbonyl (C=O) groups is 1. The number of hydrogen-bond acceptors (Lipinski definition) is 2. The van der Waals surface area contributed by atoms with E-state index < -0.39 is 0 Å². The fourth-order valence-electron chi connectivity index (χ4n) is 4.19. The van der Waals surface area contributed by atoms with Gasteiger partial charge in [-0.3, -0.25) is 4.79 Å². The topological polar surface area (TPSA) is 48.1 Å². The number of aryl methyl sites for hydroxylation is 2. The maximum atomic E-state index is 12.6. The number of aromatic amines is 1. The monoisotopic (exact) mass is 395 g/mol. The lowest BCUT2D eigenvalue weighted by Crippen LogP contribution is -2.32. The number of aromatic nitrogens is 1. The van der Waals surface area contributed by atoms with Crippen LogP contribution in [0.1, 0.15) is 23.2 Å². The van der Waals surface area contributed by atoms with Crippen LogP contribution < -0.4 is 10.2 Å². The summed E-state index contributed by atoms with van der Waals surface area (Å²) in [4.78, 5) is 18.3. The number of benzene rings is 2. The Kier molecular flexibility index (Phi) is 5.31. The Morgan fingerprint density at radius 2 is 2.07 bits per heavy atom. The van der Waals surface area contributed by atoms with Crippen molar-refractivity contribution >= 4 is 34.1 Å². The van der Waals surface area contributed by atoms with Gasteiger partial charge in [0.25, 0.3) is 0 Å². The summed E-state index contributed by atoms with van der Waals surface area (Å²) in [5.74, 6) is 0.552. The van der Waals surface area contributed by atoms with E-state index in [0.717, 1.165) is 53.2 Å². The molecule has 2 heterocycles. The molecule has 3 aromatic rings. The molecule has 1 aliphatic rings. The number of nitrogens with zero attached hydrogens (tertiary/aromatic N) is 1. The summed E-state index contributed by atoms with van der Waals surface area (Å²) >= 11 is 6.17. The molecule has 1 unspecified atom stereocenters. The minimum absolute atomic E-state index is 0.0882. The molecule has 146 valence electrons. The summed E-state index contributed by atoms with van der Waals surface area (Å²) in [6.07, 6.45) is 1.50. The Labute approximate surface area is 170 Å². The molecule has 1 atom stereocenters. The van der Waals surface area contributed by atoms with Gasteiger partial charge >= 0.3 is 0 Å². The second kappa shape index (κ2) is 7.88. The second-order valence-electron chi connectivity index (χ2n) is 7.79. The predicted molar refractivity (Wildman–Crippen MR) is 116 cm³/mol. The first-order chi connectivity index (χ1) is 13.5. The van der Waals surface area contributed by atoms with Crippen molar-refractivity contribution in [2.24, 2.45) is 5.92 Å². The highest BCUT2D eigenvalue weighted by Crippen LogP contribution is 2.29. The maximum Gasteiger partial charge on any atom is 0.224 e. The van der Waals surface area contributed by atoms with E-state index in [2.05, 4.69) is 40.3 Å².